The van der Waals surface area contributed by atoms with Crippen molar-refractivity contribution >= 4 is 17.0 Å². The number of pyridine rings is 1. The van der Waals surface area contributed by atoms with Gasteiger partial charge in [0.1, 0.15) is 0 Å². The molecule has 0 atom stereocenters. The Morgan fingerprint density at radius 2 is 1.92 bits per heavy atom. The summed E-state index contributed by atoms with van der Waals surface area (Å²) in [5, 5.41) is 3.56. The third-order valence-electron chi connectivity index (χ3n) is 5.09. The summed E-state index contributed by atoms with van der Waals surface area (Å²) in [4.78, 5) is 18.2. The molecule has 3 heterocycles. The van der Waals surface area contributed by atoms with Gasteiger partial charge in [-0.1, -0.05) is 5.16 Å². The van der Waals surface area contributed by atoms with Gasteiger partial charge in [0, 0.05) is 30.6 Å². The van der Waals surface area contributed by atoms with Gasteiger partial charge in [0.25, 0.3) is 5.71 Å². The smallest absolute Gasteiger partial charge is 0.342 e. The predicted octanol–water partition coefficient (Wildman–Crippen LogP) is 3.67. The van der Waals surface area contributed by atoms with Crippen molar-refractivity contribution in [3.05, 3.63) is 23.0 Å². The number of carbonyl (C=O) groups excluding carboxylic acids is 1. The van der Waals surface area contributed by atoms with Crippen LogP contribution in [0.2, 0.25) is 0 Å². The Labute approximate surface area is 142 Å². The van der Waals surface area contributed by atoms with Gasteiger partial charge in [0.05, 0.1) is 16.6 Å². The van der Waals surface area contributed by atoms with E-state index >= 15 is 0 Å². The fraction of sp³-hybridized carbons (Fsp3) is 0.588. The molecule has 1 aliphatic carbocycles. The van der Waals surface area contributed by atoms with E-state index in [0.29, 0.717) is 31.6 Å². The van der Waals surface area contributed by atoms with E-state index in [2.05, 4.69) is 10.1 Å². The summed E-state index contributed by atoms with van der Waals surface area (Å²) in [6, 6.07) is 1.12. The second kappa shape index (κ2) is 5.71. The highest BCUT2D eigenvalue weighted by Crippen LogP contribution is 2.39. The second-order valence-corrected chi connectivity index (χ2v) is 6.91. The van der Waals surface area contributed by atoms with Crippen molar-refractivity contribution < 1.29 is 22.5 Å². The van der Waals surface area contributed by atoms with Gasteiger partial charge in [-0.15, -0.1) is 0 Å². The van der Waals surface area contributed by atoms with Gasteiger partial charge in [-0.2, -0.15) is 13.2 Å². The normalized spacial score (nSPS) is 19.6. The summed E-state index contributed by atoms with van der Waals surface area (Å²) in [7, 11) is 0. The average Bonchev–Trinajstić information content (AvgIpc) is 3.37. The van der Waals surface area contributed by atoms with Crippen LogP contribution in [0, 0.1) is 12.8 Å². The molecule has 0 N–H and O–H groups in total. The number of fused-ring (bicyclic) bond motifs is 1. The SMILES string of the molecule is Cc1noc2nc(C3CCN(C(=O)C4CC4)CC3)cc(C(F)(F)F)c12. The number of piperidine rings is 1. The highest BCUT2D eigenvalue weighted by atomic mass is 19.4. The quantitative estimate of drug-likeness (QED) is 0.827. The van der Waals surface area contributed by atoms with Crippen LogP contribution in [0.3, 0.4) is 0 Å². The van der Waals surface area contributed by atoms with Crippen LogP contribution in [0.4, 0.5) is 13.2 Å². The molecule has 2 aromatic heterocycles. The fourth-order valence-electron chi connectivity index (χ4n) is 3.53. The van der Waals surface area contributed by atoms with Crippen molar-refractivity contribution in [2.75, 3.05) is 13.1 Å². The predicted molar refractivity (Wildman–Crippen MR) is 82.8 cm³/mol. The minimum Gasteiger partial charge on any atom is -0.342 e. The van der Waals surface area contributed by atoms with E-state index in [4.69, 9.17) is 4.52 Å². The molecule has 25 heavy (non-hydrogen) atoms. The molecule has 1 saturated carbocycles. The van der Waals surface area contributed by atoms with Gasteiger partial charge in [0.15, 0.2) is 0 Å². The zero-order valence-corrected chi connectivity index (χ0v) is 13.8. The molecule has 1 aliphatic heterocycles. The molecular weight excluding hydrogens is 335 g/mol. The van der Waals surface area contributed by atoms with Crippen molar-refractivity contribution in [3.63, 3.8) is 0 Å². The van der Waals surface area contributed by atoms with E-state index in [-0.39, 0.29) is 34.5 Å². The topological polar surface area (TPSA) is 59.2 Å². The van der Waals surface area contributed by atoms with E-state index in [1.54, 1.807) is 0 Å². The minimum absolute atomic E-state index is 0.0705. The number of hydrogen-bond donors (Lipinski definition) is 0. The summed E-state index contributed by atoms with van der Waals surface area (Å²) in [5.74, 6) is 0.239. The molecule has 5 nitrogen and oxygen atoms in total. The number of amides is 1. The number of rotatable bonds is 2. The van der Waals surface area contributed by atoms with Crippen LogP contribution in [0.5, 0.6) is 0 Å². The number of likely N-dealkylation sites (tertiary alicyclic amines) is 1. The first-order valence-corrected chi connectivity index (χ1v) is 8.47. The Morgan fingerprint density at radius 3 is 2.52 bits per heavy atom. The lowest BCUT2D eigenvalue weighted by Crippen LogP contribution is -2.38. The summed E-state index contributed by atoms with van der Waals surface area (Å²) in [5.41, 5.74) is -0.262. The molecule has 2 aromatic rings. The molecule has 1 saturated heterocycles. The maximum Gasteiger partial charge on any atom is 0.417 e. The molecule has 4 rings (SSSR count). The van der Waals surface area contributed by atoms with Gasteiger partial charge in [-0.3, -0.25) is 4.79 Å². The molecule has 0 radical (unpaired) electrons. The van der Waals surface area contributed by atoms with Gasteiger partial charge in [-0.25, -0.2) is 4.98 Å². The van der Waals surface area contributed by atoms with E-state index in [1.165, 1.54) is 6.92 Å². The highest BCUT2D eigenvalue weighted by molar-refractivity contribution is 5.81. The fourth-order valence-corrected chi connectivity index (χ4v) is 3.53. The minimum atomic E-state index is -4.49. The third kappa shape index (κ3) is 2.98. The molecule has 0 bridgehead atoms. The Hall–Kier alpha value is -2.12. The van der Waals surface area contributed by atoms with Crippen molar-refractivity contribution in [3.8, 4) is 0 Å². The van der Waals surface area contributed by atoms with Crippen LogP contribution >= 0.6 is 0 Å². The Balaban J connectivity index is 1.60. The molecule has 1 amide bonds. The summed E-state index contributed by atoms with van der Waals surface area (Å²) in [6.07, 6.45) is -1.36. The third-order valence-corrected chi connectivity index (χ3v) is 5.09. The first kappa shape index (κ1) is 16.4. The standard InChI is InChI=1S/C17H18F3N3O2/c1-9-14-12(17(18,19)20)8-13(21-15(14)25-22-9)10-4-6-23(7-5-10)16(24)11-2-3-11/h8,10-11H,2-7H2,1H3. The molecule has 0 unspecified atom stereocenters. The van der Waals surface area contributed by atoms with Crippen LogP contribution in [-0.4, -0.2) is 34.0 Å². The maximum atomic E-state index is 13.4. The van der Waals surface area contributed by atoms with Crippen LogP contribution in [0.15, 0.2) is 10.6 Å². The van der Waals surface area contributed by atoms with Crippen molar-refractivity contribution in [1.29, 1.82) is 0 Å². The number of nitrogens with zero attached hydrogens (tertiary/aromatic N) is 3. The molecule has 0 aromatic carbocycles. The van der Waals surface area contributed by atoms with Crippen molar-refractivity contribution in [2.45, 2.75) is 44.7 Å². The lowest BCUT2D eigenvalue weighted by Gasteiger charge is -2.32. The first-order chi connectivity index (χ1) is 11.8. The molecular formula is C17H18F3N3O2. The lowest BCUT2D eigenvalue weighted by atomic mass is 9.91. The molecule has 8 heteroatoms. The van der Waals surface area contributed by atoms with Crippen LogP contribution in [0.1, 0.15) is 48.6 Å². The number of carbonyl (C=O) groups is 1. The van der Waals surface area contributed by atoms with E-state index in [0.717, 1.165) is 18.9 Å². The van der Waals surface area contributed by atoms with E-state index < -0.39 is 11.7 Å². The van der Waals surface area contributed by atoms with Gasteiger partial charge < -0.3 is 9.42 Å². The molecule has 2 aliphatic rings. The lowest BCUT2D eigenvalue weighted by molar-refractivity contribution is -0.136. The number of alkyl halides is 3. The highest BCUT2D eigenvalue weighted by Gasteiger charge is 2.38. The Morgan fingerprint density at radius 1 is 1.24 bits per heavy atom. The van der Waals surface area contributed by atoms with Gasteiger partial charge in [0.2, 0.25) is 5.91 Å². The van der Waals surface area contributed by atoms with Crippen LogP contribution in [0.25, 0.3) is 11.1 Å². The maximum absolute atomic E-state index is 13.4. The number of hydrogen-bond acceptors (Lipinski definition) is 4. The van der Waals surface area contributed by atoms with Crippen molar-refractivity contribution in [1.82, 2.24) is 15.0 Å². The average molecular weight is 353 g/mol. The van der Waals surface area contributed by atoms with Crippen LogP contribution in [-0.2, 0) is 11.0 Å². The second-order valence-electron chi connectivity index (χ2n) is 6.91. The van der Waals surface area contributed by atoms with Crippen molar-refractivity contribution in [2.24, 2.45) is 5.92 Å². The van der Waals surface area contributed by atoms with E-state index in [9.17, 15) is 18.0 Å². The van der Waals surface area contributed by atoms with Gasteiger partial charge >= 0.3 is 6.18 Å². The summed E-state index contributed by atoms with van der Waals surface area (Å²) < 4.78 is 45.3. The Kier molecular flexibility index (Phi) is 3.73. The van der Waals surface area contributed by atoms with Gasteiger partial charge in [-0.05, 0) is 38.7 Å². The number of halogens is 3. The number of aryl methyl sites for hydroxylation is 1. The first-order valence-electron chi connectivity index (χ1n) is 8.47. The van der Waals surface area contributed by atoms with E-state index in [1.807, 2.05) is 4.90 Å². The summed E-state index contributed by atoms with van der Waals surface area (Å²) in [6.45, 7) is 2.61. The Bertz CT molecular complexity index is 818. The molecule has 0 spiro atoms. The zero-order valence-electron chi connectivity index (χ0n) is 13.8. The summed E-state index contributed by atoms with van der Waals surface area (Å²) >= 11 is 0. The molecule has 134 valence electrons. The zero-order chi connectivity index (χ0) is 17.8. The van der Waals surface area contributed by atoms with Crippen LogP contribution < -0.4 is 0 Å². The monoisotopic (exact) mass is 353 g/mol. The largest absolute Gasteiger partial charge is 0.417 e. The molecule has 2 fully saturated rings. The number of aromatic nitrogens is 2.